The zero-order valence-electron chi connectivity index (χ0n) is 12.8. The average molecular weight is 293 g/mol. The van der Waals surface area contributed by atoms with E-state index in [0.29, 0.717) is 13.1 Å². The highest BCUT2D eigenvalue weighted by molar-refractivity contribution is 5.74. The van der Waals surface area contributed by atoms with Crippen molar-refractivity contribution in [3.8, 4) is 0 Å². The van der Waals surface area contributed by atoms with E-state index >= 15 is 0 Å². The van der Waals surface area contributed by atoms with Crippen LogP contribution in [-0.2, 0) is 6.54 Å². The zero-order chi connectivity index (χ0) is 15.2. The van der Waals surface area contributed by atoms with Crippen LogP contribution in [0.5, 0.6) is 0 Å². The van der Waals surface area contributed by atoms with E-state index in [-0.39, 0.29) is 17.9 Å². The number of carbonyl (C=O) groups is 1. The largest absolute Gasteiger partial charge is 0.338 e. The molecule has 1 heterocycles. The molecule has 0 unspecified atom stereocenters. The highest BCUT2D eigenvalue weighted by Crippen LogP contribution is 2.18. The smallest absolute Gasteiger partial charge is 0.317 e. The fraction of sp³-hybridized carbons (Fsp3) is 0.562. The Morgan fingerprint density at radius 1 is 1.48 bits per heavy atom. The Kier molecular flexibility index (Phi) is 5.56. The van der Waals surface area contributed by atoms with Gasteiger partial charge in [-0.1, -0.05) is 18.2 Å². The first-order valence-electron chi connectivity index (χ1n) is 7.58. The van der Waals surface area contributed by atoms with Gasteiger partial charge in [0.2, 0.25) is 0 Å². The minimum Gasteiger partial charge on any atom is -0.338 e. The highest BCUT2D eigenvalue weighted by atomic mass is 19.1. The maximum atomic E-state index is 13.7. The third-order valence-electron chi connectivity index (χ3n) is 4.03. The maximum absolute atomic E-state index is 13.7. The van der Waals surface area contributed by atoms with E-state index in [0.717, 1.165) is 31.5 Å². The van der Waals surface area contributed by atoms with E-state index in [1.165, 1.54) is 6.07 Å². The van der Waals surface area contributed by atoms with Gasteiger partial charge >= 0.3 is 6.03 Å². The topological polar surface area (TPSA) is 35.6 Å². The molecule has 2 rings (SSSR count). The van der Waals surface area contributed by atoms with Gasteiger partial charge in [0.05, 0.1) is 0 Å². The number of urea groups is 1. The molecule has 4 nitrogen and oxygen atoms in total. The second-order valence-corrected chi connectivity index (χ2v) is 5.57. The van der Waals surface area contributed by atoms with Crippen LogP contribution in [0.1, 0.15) is 25.3 Å². The summed E-state index contributed by atoms with van der Waals surface area (Å²) in [6.07, 6.45) is 2.03. The number of hydrogen-bond donors (Lipinski definition) is 1. The van der Waals surface area contributed by atoms with Gasteiger partial charge in [-0.05, 0) is 32.4 Å². The molecule has 1 aliphatic heterocycles. The standard InChI is InChI=1S/C16H24FN3O/c1-3-18-16(21)19(2)14-8-6-10-20(12-14)11-13-7-4-5-9-15(13)17/h4-5,7,9,14H,3,6,8,10-12H2,1-2H3,(H,18,21)/t14-/m1/s1. The molecule has 2 amide bonds. The van der Waals surface area contributed by atoms with Crippen molar-refractivity contribution >= 4 is 6.03 Å². The predicted molar refractivity (Wildman–Crippen MR) is 81.5 cm³/mol. The second kappa shape index (κ2) is 7.41. The molecule has 116 valence electrons. The summed E-state index contributed by atoms with van der Waals surface area (Å²) < 4.78 is 13.7. The number of halogens is 1. The van der Waals surface area contributed by atoms with Crippen LogP contribution in [0.3, 0.4) is 0 Å². The van der Waals surface area contributed by atoms with Crippen LogP contribution in [-0.4, -0.2) is 48.6 Å². The number of amides is 2. The molecule has 0 spiro atoms. The summed E-state index contributed by atoms with van der Waals surface area (Å²) in [6, 6.07) is 7.05. The SMILES string of the molecule is CCNC(=O)N(C)[C@@H]1CCCN(Cc2ccccc2F)C1. The lowest BCUT2D eigenvalue weighted by Gasteiger charge is -2.37. The van der Waals surface area contributed by atoms with Crippen LogP contribution in [0.15, 0.2) is 24.3 Å². The third-order valence-corrected chi connectivity index (χ3v) is 4.03. The van der Waals surface area contributed by atoms with Crippen molar-refractivity contribution in [3.05, 3.63) is 35.6 Å². The first-order chi connectivity index (χ1) is 10.1. The number of piperidine rings is 1. The van der Waals surface area contributed by atoms with Crippen molar-refractivity contribution in [1.82, 2.24) is 15.1 Å². The monoisotopic (exact) mass is 293 g/mol. The lowest BCUT2D eigenvalue weighted by molar-refractivity contribution is 0.121. The van der Waals surface area contributed by atoms with E-state index in [2.05, 4.69) is 10.2 Å². The summed E-state index contributed by atoms with van der Waals surface area (Å²) in [5.74, 6) is -0.156. The molecule has 1 aromatic rings. The summed E-state index contributed by atoms with van der Waals surface area (Å²) in [4.78, 5) is 15.9. The summed E-state index contributed by atoms with van der Waals surface area (Å²) >= 11 is 0. The van der Waals surface area contributed by atoms with Crippen molar-refractivity contribution in [1.29, 1.82) is 0 Å². The predicted octanol–water partition coefficient (Wildman–Crippen LogP) is 2.45. The number of nitrogens with one attached hydrogen (secondary N) is 1. The molecular formula is C16H24FN3O. The number of rotatable bonds is 4. The van der Waals surface area contributed by atoms with E-state index in [1.807, 2.05) is 26.1 Å². The first kappa shape index (κ1) is 15.8. The van der Waals surface area contributed by atoms with Gasteiger partial charge in [-0.15, -0.1) is 0 Å². The van der Waals surface area contributed by atoms with Gasteiger partial charge in [0.15, 0.2) is 0 Å². The van der Waals surface area contributed by atoms with Gasteiger partial charge < -0.3 is 10.2 Å². The van der Waals surface area contributed by atoms with Crippen LogP contribution < -0.4 is 5.32 Å². The molecule has 0 aromatic heterocycles. The summed E-state index contributed by atoms with van der Waals surface area (Å²) in [6.45, 7) is 4.90. The second-order valence-electron chi connectivity index (χ2n) is 5.57. The lowest BCUT2D eigenvalue weighted by atomic mass is 10.0. The molecular weight excluding hydrogens is 269 g/mol. The van der Waals surface area contributed by atoms with E-state index in [1.54, 1.807) is 11.0 Å². The fourth-order valence-corrected chi connectivity index (χ4v) is 2.80. The molecule has 1 atom stereocenters. The third kappa shape index (κ3) is 4.17. The van der Waals surface area contributed by atoms with Gasteiger partial charge in [-0.3, -0.25) is 4.90 Å². The number of carbonyl (C=O) groups excluding carboxylic acids is 1. The summed E-state index contributed by atoms with van der Waals surface area (Å²) in [5.41, 5.74) is 0.721. The maximum Gasteiger partial charge on any atom is 0.317 e. The normalized spacial score (nSPS) is 19.3. The fourth-order valence-electron chi connectivity index (χ4n) is 2.80. The van der Waals surface area contributed by atoms with E-state index < -0.39 is 0 Å². The molecule has 1 aromatic carbocycles. The van der Waals surface area contributed by atoms with Crippen molar-refractivity contribution < 1.29 is 9.18 Å². The molecule has 0 saturated carbocycles. The Morgan fingerprint density at radius 3 is 2.95 bits per heavy atom. The molecule has 1 saturated heterocycles. The number of likely N-dealkylation sites (tertiary alicyclic amines) is 1. The Bertz CT molecular complexity index is 480. The zero-order valence-corrected chi connectivity index (χ0v) is 12.8. The van der Waals surface area contributed by atoms with Crippen LogP contribution >= 0.6 is 0 Å². The highest BCUT2D eigenvalue weighted by Gasteiger charge is 2.26. The van der Waals surface area contributed by atoms with E-state index in [9.17, 15) is 9.18 Å². The number of likely N-dealkylation sites (N-methyl/N-ethyl adjacent to an activating group) is 1. The van der Waals surface area contributed by atoms with Crippen LogP contribution in [0.2, 0.25) is 0 Å². The van der Waals surface area contributed by atoms with Gasteiger partial charge in [-0.25, -0.2) is 9.18 Å². The first-order valence-corrected chi connectivity index (χ1v) is 7.58. The van der Waals surface area contributed by atoms with Crippen LogP contribution in [0.4, 0.5) is 9.18 Å². The Hall–Kier alpha value is -1.62. The summed E-state index contributed by atoms with van der Waals surface area (Å²) in [7, 11) is 1.84. The van der Waals surface area contributed by atoms with Crippen molar-refractivity contribution in [3.63, 3.8) is 0 Å². The van der Waals surface area contributed by atoms with Gasteiger partial charge in [-0.2, -0.15) is 0 Å². The molecule has 1 aliphatic rings. The quantitative estimate of drug-likeness (QED) is 0.925. The van der Waals surface area contributed by atoms with Crippen LogP contribution in [0.25, 0.3) is 0 Å². The van der Waals surface area contributed by atoms with Crippen molar-refractivity contribution in [2.45, 2.75) is 32.4 Å². The van der Waals surface area contributed by atoms with Gasteiger partial charge in [0.1, 0.15) is 5.82 Å². The molecule has 5 heteroatoms. The summed E-state index contributed by atoms with van der Waals surface area (Å²) in [5, 5.41) is 2.82. The minimum atomic E-state index is -0.156. The average Bonchev–Trinajstić information content (AvgIpc) is 2.49. The molecule has 0 radical (unpaired) electrons. The minimum absolute atomic E-state index is 0.0322. The van der Waals surface area contributed by atoms with Crippen LogP contribution in [0, 0.1) is 5.82 Å². The molecule has 21 heavy (non-hydrogen) atoms. The molecule has 1 fully saturated rings. The molecule has 1 N–H and O–H groups in total. The molecule has 0 aliphatic carbocycles. The number of hydrogen-bond acceptors (Lipinski definition) is 2. The Balaban J connectivity index is 1.94. The molecule has 0 bridgehead atoms. The van der Waals surface area contributed by atoms with Crippen molar-refractivity contribution in [2.75, 3.05) is 26.7 Å². The number of benzene rings is 1. The Morgan fingerprint density at radius 2 is 2.24 bits per heavy atom. The lowest BCUT2D eigenvalue weighted by Crippen LogP contribution is -2.51. The van der Waals surface area contributed by atoms with Crippen molar-refractivity contribution in [2.24, 2.45) is 0 Å². The van der Waals surface area contributed by atoms with Gasteiger partial charge in [0, 0.05) is 38.3 Å². The number of nitrogens with zero attached hydrogens (tertiary/aromatic N) is 2. The Labute approximate surface area is 125 Å². The van der Waals surface area contributed by atoms with Gasteiger partial charge in [0.25, 0.3) is 0 Å². The van der Waals surface area contributed by atoms with E-state index in [4.69, 9.17) is 0 Å².